The van der Waals surface area contributed by atoms with Crippen molar-refractivity contribution in [2.75, 3.05) is 53.4 Å². The predicted molar refractivity (Wildman–Crippen MR) is 98.9 cm³/mol. The molecule has 0 aromatic carbocycles. The first-order valence-electron chi connectivity index (χ1n) is 6.43. The Morgan fingerprint density at radius 3 is 1.15 bits per heavy atom. The SMILES string of the molecule is C[C@@H]1CNCCN1C.C[C@@H]1CNCCN1C.Cl.Cl.Cl.Cl. The highest BCUT2D eigenvalue weighted by atomic mass is 35.5. The summed E-state index contributed by atoms with van der Waals surface area (Å²) < 4.78 is 0. The van der Waals surface area contributed by atoms with Crippen LogP contribution in [0.3, 0.4) is 0 Å². The smallest absolute Gasteiger partial charge is 0.0189 e. The molecule has 0 unspecified atom stereocenters. The van der Waals surface area contributed by atoms with Crippen molar-refractivity contribution in [2.24, 2.45) is 0 Å². The van der Waals surface area contributed by atoms with Gasteiger partial charge in [-0.2, -0.15) is 0 Å². The fourth-order valence-corrected chi connectivity index (χ4v) is 1.89. The minimum absolute atomic E-state index is 0. The van der Waals surface area contributed by atoms with Crippen LogP contribution >= 0.6 is 49.6 Å². The molecule has 20 heavy (non-hydrogen) atoms. The van der Waals surface area contributed by atoms with Crippen molar-refractivity contribution in [1.29, 1.82) is 0 Å². The minimum Gasteiger partial charge on any atom is -0.314 e. The minimum atomic E-state index is 0. The second kappa shape index (κ2) is 16.4. The normalized spacial score (nSPS) is 26.4. The first-order chi connectivity index (χ1) is 7.61. The third-order valence-electron chi connectivity index (χ3n) is 3.67. The van der Waals surface area contributed by atoms with E-state index in [1.54, 1.807) is 0 Å². The Morgan fingerprint density at radius 2 is 1.00 bits per heavy atom. The molecule has 0 aromatic heterocycles. The molecule has 0 amide bonds. The van der Waals surface area contributed by atoms with Crippen molar-refractivity contribution in [3.63, 3.8) is 0 Å². The van der Waals surface area contributed by atoms with Gasteiger partial charge in [0, 0.05) is 51.4 Å². The maximum absolute atomic E-state index is 3.32. The van der Waals surface area contributed by atoms with E-state index in [9.17, 15) is 0 Å². The molecular weight excluding hydrogens is 342 g/mol. The van der Waals surface area contributed by atoms with Crippen LogP contribution in [-0.2, 0) is 0 Å². The summed E-state index contributed by atoms with van der Waals surface area (Å²) in [6.45, 7) is 11.5. The van der Waals surface area contributed by atoms with E-state index in [2.05, 4.69) is 48.4 Å². The Bertz CT molecular complexity index is 160. The molecule has 2 saturated heterocycles. The molecule has 2 heterocycles. The van der Waals surface area contributed by atoms with Gasteiger partial charge in [-0.15, -0.1) is 49.6 Å². The Labute approximate surface area is 149 Å². The third kappa shape index (κ3) is 11.6. The quantitative estimate of drug-likeness (QED) is 0.673. The molecule has 4 nitrogen and oxygen atoms in total. The van der Waals surface area contributed by atoms with Crippen LogP contribution in [0.15, 0.2) is 0 Å². The van der Waals surface area contributed by atoms with Gasteiger partial charge < -0.3 is 20.4 Å². The standard InChI is InChI=1S/2C6H14N2.4ClH/c2*1-6-5-7-3-4-8(6)2;;;;/h2*6-7H,3-5H2,1-2H3;4*1H/t2*6-;;;;/m11..../s1. The van der Waals surface area contributed by atoms with E-state index < -0.39 is 0 Å². The molecule has 0 radical (unpaired) electrons. The number of hydrogen-bond acceptors (Lipinski definition) is 4. The lowest BCUT2D eigenvalue weighted by Gasteiger charge is -2.29. The molecule has 2 aliphatic rings. The first kappa shape index (κ1) is 29.1. The van der Waals surface area contributed by atoms with Crippen LogP contribution in [0, 0.1) is 0 Å². The van der Waals surface area contributed by atoms with Gasteiger partial charge in [-0.25, -0.2) is 0 Å². The maximum Gasteiger partial charge on any atom is 0.0189 e. The van der Waals surface area contributed by atoms with Crippen LogP contribution in [0.4, 0.5) is 0 Å². The highest BCUT2D eigenvalue weighted by molar-refractivity contribution is 5.86. The van der Waals surface area contributed by atoms with E-state index in [4.69, 9.17) is 0 Å². The molecular formula is C12H32Cl4N4. The number of nitrogens with zero attached hydrogens (tertiary/aromatic N) is 2. The summed E-state index contributed by atoms with van der Waals surface area (Å²) in [5.74, 6) is 0. The Morgan fingerprint density at radius 1 is 0.700 bits per heavy atom. The van der Waals surface area contributed by atoms with Crippen molar-refractivity contribution in [3.05, 3.63) is 0 Å². The molecule has 0 aromatic rings. The number of piperazine rings is 2. The second-order valence-electron chi connectivity index (χ2n) is 5.07. The van der Waals surface area contributed by atoms with Gasteiger partial charge in [0.1, 0.15) is 0 Å². The highest BCUT2D eigenvalue weighted by Gasteiger charge is 2.12. The van der Waals surface area contributed by atoms with Gasteiger partial charge in [0.15, 0.2) is 0 Å². The lowest BCUT2D eigenvalue weighted by atomic mass is 10.2. The average molecular weight is 374 g/mol. The van der Waals surface area contributed by atoms with E-state index in [-0.39, 0.29) is 49.6 Å². The Hall–Kier alpha value is 1.00. The first-order valence-corrected chi connectivity index (χ1v) is 6.43. The zero-order valence-corrected chi connectivity index (χ0v) is 16.2. The summed E-state index contributed by atoms with van der Waals surface area (Å²) >= 11 is 0. The number of halogens is 4. The van der Waals surface area contributed by atoms with E-state index >= 15 is 0 Å². The average Bonchev–Trinajstić information content (AvgIpc) is 2.28. The van der Waals surface area contributed by atoms with Gasteiger partial charge >= 0.3 is 0 Å². The van der Waals surface area contributed by atoms with Crippen LogP contribution in [0.2, 0.25) is 0 Å². The third-order valence-corrected chi connectivity index (χ3v) is 3.67. The van der Waals surface area contributed by atoms with Crippen molar-refractivity contribution in [1.82, 2.24) is 20.4 Å². The molecule has 2 fully saturated rings. The van der Waals surface area contributed by atoms with Gasteiger partial charge in [-0.3, -0.25) is 0 Å². The van der Waals surface area contributed by atoms with E-state index in [0.29, 0.717) is 0 Å². The number of likely N-dealkylation sites (N-methyl/N-ethyl adjacent to an activating group) is 2. The summed E-state index contributed by atoms with van der Waals surface area (Å²) in [5.41, 5.74) is 0. The monoisotopic (exact) mass is 372 g/mol. The largest absolute Gasteiger partial charge is 0.314 e. The predicted octanol–water partition coefficient (Wildman–Crippen LogP) is 1.51. The van der Waals surface area contributed by atoms with E-state index in [1.807, 2.05) is 0 Å². The van der Waals surface area contributed by atoms with Crippen molar-refractivity contribution in [2.45, 2.75) is 25.9 Å². The topological polar surface area (TPSA) is 30.5 Å². The van der Waals surface area contributed by atoms with Gasteiger partial charge in [0.2, 0.25) is 0 Å². The zero-order chi connectivity index (χ0) is 12.0. The fourth-order valence-electron chi connectivity index (χ4n) is 1.89. The van der Waals surface area contributed by atoms with Crippen LogP contribution in [0.25, 0.3) is 0 Å². The number of hydrogen-bond donors (Lipinski definition) is 2. The van der Waals surface area contributed by atoms with Crippen LogP contribution in [0.5, 0.6) is 0 Å². The summed E-state index contributed by atoms with van der Waals surface area (Å²) in [6, 6.07) is 1.45. The molecule has 128 valence electrons. The molecule has 2 N–H and O–H groups in total. The Kier molecular flexibility index (Phi) is 23.8. The van der Waals surface area contributed by atoms with E-state index in [0.717, 1.165) is 38.3 Å². The summed E-state index contributed by atoms with van der Waals surface area (Å²) in [4.78, 5) is 4.74. The molecule has 2 aliphatic heterocycles. The van der Waals surface area contributed by atoms with Gasteiger partial charge in [-0.05, 0) is 27.9 Å². The molecule has 2 atom stereocenters. The van der Waals surface area contributed by atoms with Crippen molar-refractivity contribution < 1.29 is 0 Å². The fraction of sp³-hybridized carbons (Fsp3) is 1.00. The lowest BCUT2D eigenvalue weighted by Crippen LogP contribution is -2.47. The van der Waals surface area contributed by atoms with Gasteiger partial charge in [0.05, 0.1) is 0 Å². The zero-order valence-electron chi connectivity index (χ0n) is 12.9. The molecule has 0 spiro atoms. The summed E-state index contributed by atoms with van der Waals surface area (Å²) in [5, 5.41) is 6.65. The Balaban J connectivity index is -0.000000107. The van der Waals surface area contributed by atoms with Crippen molar-refractivity contribution in [3.8, 4) is 0 Å². The van der Waals surface area contributed by atoms with Gasteiger partial charge in [-0.1, -0.05) is 0 Å². The second-order valence-corrected chi connectivity index (χ2v) is 5.07. The highest BCUT2D eigenvalue weighted by Crippen LogP contribution is 1.96. The molecule has 0 aliphatic carbocycles. The molecule has 0 bridgehead atoms. The maximum atomic E-state index is 3.32. The number of rotatable bonds is 0. The lowest BCUT2D eigenvalue weighted by molar-refractivity contribution is 0.215. The van der Waals surface area contributed by atoms with Crippen LogP contribution < -0.4 is 10.6 Å². The summed E-state index contributed by atoms with van der Waals surface area (Å²) in [6.07, 6.45) is 0. The number of nitrogens with one attached hydrogen (secondary N) is 2. The molecule has 8 heteroatoms. The molecule has 0 saturated carbocycles. The van der Waals surface area contributed by atoms with Gasteiger partial charge in [0.25, 0.3) is 0 Å². The van der Waals surface area contributed by atoms with Crippen molar-refractivity contribution >= 4 is 49.6 Å². The van der Waals surface area contributed by atoms with Crippen LogP contribution in [-0.4, -0.2) is 75.2 Å². The van der Waals surface area contributed by atoms with E-state index in [1.165, 1.54) is 13.1 Å². The molecule has 2 rings (SSSR count). The summed E-state index contributed by atoms with van der Waals surface area (Å²) in [7, 11) is 4.34. The van der Waals surface area contributed by atoms with Crippen LogP contribution in [0.1, 0.15) is 13.8 Å².